The molecule has 0 atom stereocenters. The Morgan fingerprint density at radius 2 is 2.00 bits per heavy atom. The molecule has 0 saturated heterocycles. The van der Waals surface area contributed by atoms with E-state index in [0.717, 1.165) is 16.8 Å². The summed E-state index contributed by atoms with van der Waals surface area (Å²) < 4.78 is 1.72. The van der Waals surface area contributed by atoms with Gasteiger partial charge >= 0.3 is 0 Å². The molecule has 5 heteroatoms. The van der Waals surface area contributed by atoms with Crippen LogP contribution in [0, 0.1) is 0 Å². The molecule has 2 heterocycles. The molecule has 0 spiro atoms. The van der Waals surface area contributed by atoms with E-state index in [2.05, 4.69) is 10.1 Å². The molecule has 0 fully saturated rings. The molecule has 1 aromatic carbocycles. The molecule has 0 aliphatic rings. The predicted molar refractivity (Wildman–Crippen MR) is 71.3 cm³/mol. The third kappa shape index (κ3) is 1.85. The number of nitrogens with two attached hydrogens (primary N) is 1. The molecule has 0 saturated carbocycles. The maximum atomic E-state index is 6.14. The number of hydrogen-bond donors (Lipinski definition) is 1. The van der Waals surface area contributed by atoms with Gasteiger partial charge in [-0.05, 0) is 23.8 Å². The van der Waals surface area contributed by atoms with Crippen molar-refractivity contribution >= 4 is 17.2 Å². The van der Waals surface area contributed by atoms with Gasteiger partial charge in [-0.1, -0.05) is 29.8 Å². The smallest absolute Gasteiger partial charge is 0.183 e. The Kier molecular flexibility index (Phi) is 2.74. The van der Waals surface area contributed by atoms with Crippen molar-refractivity contribution in [2.75, 3.05) is 0 Å². The van der Waals surface area contributed by atoms with Gasteiger partial charge in [0, 0.05) is 18.3 Å². The number of pyridine rings is 1. The summed E-state index contributed by atoms with van der Waals surface area (Å²) in [6, 6.07) is 11.4. The average Bonchev–Trinajstić information content (AvgIpc) is 2.81. The summed E-state index contributed by atoms with van der Waals surface area (Å²) in [6.07, 6.45) is 1.88. The monoisotopic (exact) mass is 258 g/mol. The predicted octanol–water partition coefficient (Wildman–Crippen LogP) is 2.51. The Morgan fingerprint density at radius 1 is 1.17 bits per heavy atom. The fourth-order valence-electron chi connectivity index (χ4n) is 1.80. The fourth-order valence-corrected chi connectivity index (χ4v) is 2.02. The summed E-state index contributed by atoms with van der Waals surface area (Å²) in [6.45, 7) is 0.483. The number of fused-ring (bicyclic) bond motifs is 1. The lowest BCUT2D eigenvalue weighted by Gasteiger charge is -1.97. The van der Waals surface area contributed by atoms with Crippen LogP contribution in [0.4, 0.5) is 0 Å². The second-order valence-electron chi connectivity index (χ2n) is 3.96. The minimum atomic E-state index is 0.483. The van der Waals surface area contributed by atoms with E-state index in [4.69, 9.17) is 17.3 Å². The Bertz CT molecular complexity index is 705. The zero-order valence-electron chi connectivity index (χ0n) is 9.55. The van der Waals surface area contributed by atoms with Crippen molar-refractivity contribution in [2.24, 2.45) is 5.73 Å². The van der Waals surface area contributed by atoms with Gasteiger partial charge in [-0.15, -0.1) is 5.10 Å². The lowest BCUT2D eigenvalue weighted by atomic mass is 10.2. The van der Waals surface area contributed by atoms with Crippen molar-refractivity contribution in [1.82, 2.24) is 14.6 Å². The molecule has 0 aliphatic heterocycles. The molecule has 3 aromatic rings. The van der Waals surface area contributed by atoms with Gasteiger partial charge in [0.25, 0.3) is 0 Å². The van der Waals surface area contributed by atoms with Crippen LogP contribution in [0.2, 0.25) is 5.02 Å². The summed E-state index contributed by atoms with van der Waals surface area (Å²) in [5.41, 5.74) is 8.22. The molecule has 0 aliphatic carbocycles. The van der Waals surface area contributed by atoms with Crippen LogP contribution < -0.4 is 5.73 Å². The molecule has 2 N–H and O–H groups in total. The SMILES string of the molecule is NCc1ccc2nc(-c3ccccc3Cl)nn2c1. The maximum absolute atomic E-state index is 6.14. The van der Waals surface area contributed by atoms with E-state index in [1.165, 1.54) is 0 Å². The van der Waals surface area contributed by atoms with E-state index in [0.29, 0.717) is 17.4 Å². The van der Waals surface area contributed by atoms with Crippen LogP contribution in [-0.2, 0) is 6.54 Å². The van der Waals surface area contributed by atoms with E-state index in [1.54, 1.807) is 4.52 Å². The molecule has 90 valence electrons. The molecule has 0 amide bonds. The standard InChI is InChI=1S/C13H11ClN4/c14-11-4-2-1-3-10(11)13-16-12-6-5-9(7-15)8-18(12)17-13/h1-6,8H,7,15H2. The molecular formula is C13H11ClN4. The zero-order valence-corrected chi connectivity index (χ0v) is 10.3. The van der Waals surface area contributed by atoms with Crippen LogP contribution in [-0.4, -0.2) is 14.6 Å². The average molecular weight is 259 g/mol. The van der Waals surface area contributed by atoms with Gasteiger partial charge in [-0.2, -0.15) is 0 Å². The molecule has 3 rings (SSSR count). The van der Waals surface area contributed by atoms with E-state index in [9.17, 15) is 0 Å². The van der Waals surface area contributed by atoms with Crippen molar-refractivity contribution in [1.29, 1.82) is 0 Å². The molecule has 4 nitrogen and oxygen atoms in total. The summed E-state index contributed by atoms with van der Waals surface area (Å²) in [7, 11) is 0. The molecule has 2 aromatic heterocycles. The lowest BCUT2D eigenvalue weighted by Crippen LogP contribution is -1.98. The Hall–Kier alpha value is -1.91. The van der Waals surface area contributed by atoms with E-state index in [1.807, 2.05) is 42.6 Å². The normalized spacial score (nSPS) is 11.0. The molecule has 0 radical (unpaired) electrons. The van der Waals surface area contributed by atoms with Crippen LogP contribution in [0.15, 0.2) is 42.6 Å². The quantitative estimate of drug-likeness (QED) is 0.768. The third-order valence-electron chi connectivity index (χ3n) is 2.74. The Morgan fingerprint density at radius 3 is 2.78 bits per heavy atom. The first kappa shape index (κ1) is 11.2. The summed E-state index contributed by atoms with van der Waals surface area (Å²) >= 11 is 6.14. The highest BCUT2D eigenvalue weighted by Gasteiger charge is 2.09. The first-order chi connectivity index (χ1) is 8.78. The topological polar surface area (TPSA) is 56.2 Å². The minimum Gasteiger partial charge on any atom is -0.326 e. The summed E-state index contributed by atoms with van der Waals surface area (Å²) in [5, 5.41) is 5.06. The van der Waals surface area contributed by atoms with Gasteiger partial charge in [-0.3, -0.25) is 0 Å². The highest BCUT2D eigenvalue weighted by atomic mass is 35.5. The van der Waals surface area contributed by atoms with Crippen molar-refractivity contribution in [3.05, 3.63) is 53.2 Å². The first-order valence-electron chi connectivity index (χ1n) is 5.58. The van der Waals surface area contributed by atoms with Gasteiger partial charge < -0.3 is 5.73 Å². The lowest BCUT2D eigenvalue weighted by molar-refractivity contribution is 0.931. The van der Waals surface area contributed by atoms with Gasteiger partial charge in [0.15, 0.2) is 11.5 Å². The van der Waals surface area contributed by atoms with E-state index < -0.39 is 0 Å². The van der Waals surface area contributed by atoms with Crippen LogP contribution in [0.25, 0.3) is 17.0 Å². The van der Waals surface area contributed by atoms with Gasteiger partial charge in [-0.25, -0.2) is 9.50 Å². The minimum absolute atomic E-state index is 0.483. The number of benzene rings is 1. The summed E-state index contributed by atoms with van der Waals surface area (Å²) in [4.78, 5) is 4.45. The van der Waals surface area contributed by atoms with Crippen molar-refractivity contribution in [2.45, 2.75) is 6.54 Å². The van der Waals surface area contributed by atoms with Crippen LogP contribution in [0.1, 0.15) is 5.56 Å². The van der Waals surface area contributed by atoms with Gasteiger partial charge in [0.2, 0.25) is 0 Å². The van der Waals surface area contributed by atoms with Crippen LogP contribution in [0.5, 0.6) is 0 Å². The third-order valence-corrected chi connectivity index (χ3v) is 3.07. The Labute approximate surface area is 109 Å². The largest absolute Gasteiger partial charge is 0.326 e. The number of halogens is 1. The molecule has 0 unspecified atom stereocenters. The van der Waals surface area contributed by atoms with Crippen LogP contribution >= 0.6 is 11.6 Å². The molecular weight excluding hydrogens is 248 g/mol. The van der Waals surface area contributed by atoms with E-state index in [-0.39, 0.29) is 0 Å². The second kappa shape index (κ2) is 4.40. The van der Waals surface area contributed by atoms with Crippen molar-refractivity contribution in [3.63, 3.8) is 0 Å². The first-order valence-corrected chi connectivity index (χ1v) is 5.96. The molecule has 18 heavy (non-hydrogen) atoms. The Balaban J connectivity index is 2.17. The van der Waals surface area contributed by atoms with Gasteiger partial charge in [0.05, 0.1) is 5.02 Å². The van der Waals surface area contributed by atoms with Crippen LogP contribution in [0.3, 0.4) is 0 Å². The maximum Gasteiger partial charge on any atom is 0.183 e. The molecule has 0 bridgehead atoms. The van der Waals surface area contributed by atoms with Gasteiger partial charge in [0.1, 0.15) is 0 Å². The zero-order chi connectivity index (χ0) is 12.5. The highest BCUT2D eigenvalue weighted by molar-refractivity contribution is 6.33. The number of nitrogens with zero attached hydrogens (tertiary/aromatic N) is 3. The fraction of sp³-hybridized carbons (Fsp3) is 0.0769. The highest BCUT2D eigenvalue weighted by Crippen LogP contribution is 2.25. The summed E-state index contributed by atoms with van der Waals surface area (Å²) in [5.74, 6) is 0.620. The number of hydrogen-bond acceptors (Lipinski definition) is 3. The number of aromatic nitrogens is 3. The second-order valence-corrected chi connectivity index (χ2v) is 4.37. The number of rotatable bonds is 2. The van der Waals surface area contributed by atoms with Crippen molar-refractivity contribution in [3.8, 4) is 11.4 Å². The van der Waals surface area contributed by atoms with E-state index >= 15 is 0 Å². The van der Waals surface area contributed by atoms with Crippen molar-refractivity contribution < 1.29 is 0 Å².